The van der Waals surface area contributed by atoms with Crippen LogP contribution < -0.4 is 0 Å². The predicted octanol–water partition coefficient (Wildman–Crippen LogP) is 1.37. The first-order chi connectivity index (χ1) is 6.08. The first-order valence-corrected chi connectivity index (χ1v) is 4.41. The van der Waals surface area contributed by atoms with Crippen LogP contribution in [0.2, 0.25) is 0 Å². The molecule has 0 aliphatic carbocycles. The van der Waals surface area contributed by atoms with E-state index in [-0.39, 0.29) is 5.97 Å². The van der Waals surface area contributed by atoms with E-state index in [4.69, 9.17) is 5.11 Å². The van der Waals surface area contributed by atoms with Crippen LogP contribution in [-0.2, 0) is 14.3 Å². The lowest BCUT2D eigenvalue weighted by atomic mass is 10.6. The third kappa shape index (κ3) is 18.1. The van der Waals surface area contributed by atoms with Gasteiger partial charge in [-0.25, -0.2) is 9.59 Å². The largest absolute Gasteiger partial charge is 0.478 e. The number of hydrogen-bond acceptors (Lipinski definition) is 3. The van der Waals surface area contributed by atoms with Gasteiger partial charge < -0.3 is 9.84 Å². The van der Waals surface area contributed by atoms with Crippen LogP contribution in [-0.4, -0.2) is 29.0 Å². The Balaban J connectivity index is 0. The van der Waals surface area contributed by atoms with E-state index in [1.165, 1.54) is 0 Å². The van der Waals surface area contributed by atoms with Gasteiger partial charge in [0.2, 0.25) is 0 Å². The zero-order valence-electron chi connectivity index (χ0n) is 7.03. The normalized spacial score (nSPS) is 7.46. The molecule has 13 heavy (non-hydrogen) atoms. The summed E-state index contributed by atoms with van der Waals surface area (Å²) in [6.45, 7) is 6.59. The van der Waals surface area contributed by atoms with E-state index >= 15 is 0 Å². The molecule has 0 rings (SSSR count). The number of hydrogen-bond donors (Lipinski definition) is 1. The molecule has 0 amide bonds. The Morgan fingerprint density at radius 3 is 2.08 bits per heavy atom. The lowest BCUT2D eigenvalue weighted by Gasteiger charge is -1.94. The molecule has 0 unspecified atom stereocenters. The number of carbonyl (C=O) groups excluding carboxylic acids is 1. The summed E-state index contributed by atoms with van der Waals surface area (Å²) in [6, 6.07) is 0. The first-order valence-electron chi connectivity index (χ1n) is 3.29. The summed E-state index contributed by atoms with van der Waals surface area (Å²) in [4.78, 5) is 19.5. The molecule has 4 nitrogen and oxygen atoms in total. The second-order valence-electron chi connectivity index (χ2n) is 1.60. The van der Waals surface area contributed by atoms with Gasteiger partial charge in [0.15, 0.2) is 0 Å². The molecule has 0 spiro atoms. The van der Waals surface area contributed by atoms with E-state index in [0.29, 0.717) is 11.9 Å². The highest BCUT2D eigenvalue weighted by Crippen LogP contribution is 1.82. The Kier molecular flexibility index (Phi) is 12.1. The number of aliphatic carboxylic acids is 1. The molecule has 0 fully saturated rings. The Morgan fingerprint density at radius 2 is 1.85 bits per heavy atom. The zero-order valence-corrected chi connectivity index (χ0v) is 8.62. The quantitative estimate of drug-likeness (QED) is 0.465. The van der Waals surface area contributed by atoms with Gasteiger partial charge in [-0.2, -0.15) is 0 Å². The maximum Gasteiger partial charge on any atom is 0.330 e. The molecule has 74 valence electrons. The van der Waals surface area contributed by atoms with Crippen LogP contribution in [0.3, 0.4) is 0 Å². The molecular weight excluding hydrogens is 240 g/mol. The smallest absolute Gasteiger partial charge is 0.330 e. The van der Waals surface area contributed by atoms with Crippen molar-refractivity contribution in [2.75, 3.05) is 11.9 Å². The average Bonchev–Trinajstić information content (AvgIpc) is 2.15. The van der Waals surface area contributed by atoms with Crippen molar-refractivity contribution in [3.8, 4) is 0 Å². The molecule has 0 heterocycles. The Labute approximate surface area is 85.0 Å². The minimum absolute atomic E-state index is 0.371. The molecular formula is C8H11BrO4. The number of carboxylic acids is 1. The molecule has 0 saturated heterocycles. The number of esters is 1. The molecule has 0 bridgehead atoms. The van der Waals surface area contributed by atoms with Gasteiger partial charge in [-0.3, -0.25) is 0 Å². The third-order valence-corrected chi connectivity index (χ3v) is 0.986. The topological polar surface area (TPSA) is 63.6 Å². The Hall–Kier alpha value is -1.10. The van der Waals surface area contributed by atoms with Crippen LogP contribution in [0.15, 0.2) is 25.3 Å². The summed E-state index contributed by atoms with van der Waals surface area (Å²) in [5.74, 6) is -1.35. The molecule has 1 N–H and O–H groups in total. The maximum atomic E-state index is 10.2. The highest BCUT2D eigenvalue weighted by Gasteiger charge is 1.90. The predicted molar refractivity (Wildman–Crippen MR) is 52.8 cm³/mol. The summed E-state index contributed by atoms with van der Waals surface area (Å²) in [7, 11) is 0. The van der Waals surface area contributed by atoms with Crippen molar-refractivity contribution in [2.24, 2.45) is 0 Å². The lowest BCUT2D eigenvalue weighted by Crippen LogP contribution is -2.01. The number of carboxylic acid groups (broad SMARTS) is 1. The van der Waals surface area contributed by atoms with Crippen LogP contribution in [0.25, 0.3) is 0 Å². The van der Waals surface area contributed by atoms with Crippen molar-refractivity contribution in [3.63, 3.8) is 0 Å². The monoisotopic (exact) mass is 250 g/mol. The van der Waals surface area contributed by atoms with Crippen molar-refractivity contribution in [1.29, 1.82) is 0 Å². The molecule has 0 aromatic heterocycles. The van der Waals surface area contributed by atoms with Gasteiger partial charge in [-0.15, -0.1) is 0 Å². The summed E-state index contributed by atoms with van der Waals surface area (Å²) >= 11 is 3.10. The highest BCUT2D eigenvalue weighted by molar-refractivity contribution is 9.09. The maximum absolute atomic E-state index is 10.2. The summed E-state index contributed by atoms with van der Waals surface area (Å²) in [5, 5.41) is 8.28. The van der Waals surface area contributed by atoms with E-state index in [1.54, 1.807) is 0 Å². The molecule has 0 aliphatic rings. The number of rotatable bonds is 4. The van der Waals surface area contributed by atoms with E-state index in [9.17, 15) is 9.59 Å². The van der Waals surface area contributed by atoms with E-state index in [0.717, 1.165) is 12.2 Å². The van der Waals surface area contributed by atoms with Gasteiger partial charge in [0.25, 0.3) is 0 Å². The molecule has 0 saturated carbocycles. The number of alkyl halides is 1. The van der Waals surface area contributed by atoms with Gasteiger partial charge in [0, 0.05) is 17.5 Å². The standard InChI is InChI=1S/C5H7BrO2.C3H4O2/c1-2-5(7)8-4-3-6;1-2-3(4)5/h2H,1,3-4H2;2H,1H2,(H,4,5). The number of ether oxygens (including phenoxy) is 1. The van der Waals surface area contributed by atoms with Crippen molar-refractivity contribution in [2.45, 2.75) is 0 Å². The second-order valence-corrected chi connectivity index (χ2v) is 2.40. The van der Waals surface area contributed by atoms with Crippen LogP contribution in [0, 0.1) is 0 Å². The fourth-order valence-electron chi connectivity index (χ4n) is 0.198. The Bertz CT molecular complexity index is 189. The van der Waals surface area contributed by atoms with E-state index in [2.05, 4.69) is 33.8 Å². The zero-order chi connectivity index (χ0) is 10.7. The summed E-state index contributed by atoms with van der Waals surface area (Å²) in [6.07, 6.45) is 1.97. The fraction of sp³-hybridized carbons (Fsp3) is 0.250. The van der Waals surface area contributed by atoms with Crippen LogP contribution in [0.4, 0.5) is 0 Å². The van der Waals surface area contributed by atoms with Gasteiger partial charge in [-0.05, 0) is 0 Å². The number of halogens is 1. The fourth-order valence-corrected chi connectivity index (χ4v) is 0.360. The van der Waals surface area contributed by atoms with Gasteiger partial charge in [0.05, 0.1) is 0 Å². The molecule has 0 radical (unpaired) electrons. The molecule has 0 aromatic rings. The first kappa shape index (κ1) is 14.4. The highest BCUT2D eigenvalue weighted by atomic mass is 79.9. The lowest BCUT2D eigenvalue weighted by molar-refractivity contribution is -0.137. The third-order valence-electron chi connectivity index (χ3n) is 0.663. The molecule has 0 atom stereocenters. The SMILES string of the molecule is C=CC(=O)O.C=CC(=O)OCCBr. The minimum Gasteiger partial charge on any atom is -0.478 e. The van der Waals surface area contributed by atoms with E-state index < -0.39 is 5.97 Å². The summed E-state index contributed by atoms with van der Waals surface area (Å²) < 4.78 is 4.54. The van der Waals surface area contributed by atoms with Gasteiger partial charge in [0.1, 0.15) is 6.61 Å². The molecule has 0 aromatic carbocycles. The minimum atomic E-state index is -0.981. The molecule has 5 heteroatoms. The van der Waals surface area contributed by atoms with Crippen molar-refractivity contribution in [3.05, 3.63) is 25.3 Å². The summed E-state index contributed by atoms with van der Waals surface area (Å²) in [5.41, 5.74) is 0. The van der Waals surface area contributed by atoms with Crippen LogP contribution >= 0.6 is 15.9 Å². The molecule has 0 aliphatic heterocycles. The van der Waals surface area contributed by atoms with Crippen molar-refractivity contribution < 1.29 is 19.4 Å². The van der Waals surface area contributed by atoms with E-state index in [1.807, 2.05) is 0 Å². The van der Waals surface area contributed by atoms with Crippen LogP contribution in [0.5, 0.6) is 0 Å². The average molecular weight is 251 g/mol. The van der Waals surface area contributed by atoms with Crippen LogP contribution in [0.1, 0.15) is 0 Å². The Morgan fingerprint density at radius 1 is 1.38 bits per heavy atom. The van der Waals surface area contributed by atoms with Crippen molar-refractivity contribution in [1.82, 2.24) is 0 Å². The van der Waals surface area contributed by atoms with Crippen molar-refractivity contribution >= 4 is 27.9 Å². The second kappa shape index (κ2) is 10.9. The number of carbonyl (C=O) groups is 2. The van der Waals surface area contributed by atoms with Gasteiger partial charge >= 0.3 is 11.9 Å². The van der Waals surface area contributed by atoms with Gasteiger partial charge in [-0.1, -0.05) is 29.1 Å².